The lowest BCUT2D eigenvalue weighted by Crippen LogP contribution is -2.16. The van der Waals surface area contributed by atoms with Gasteiger partial charge in [0.15, 0.2) is 0 Å². The van der Waals surface area contributed by atoms with Gasteiger partial charge in [-0.05, 0) is 24.3 Å². The molecule has 0 aliphatic carbocycles. The first-order chi connectivity index (χ1) is 10.1. The molecule has 3 aromatic rings. The summed E-state index contributed by atoms with van der Waals surface area (Å²) in [5, 5.41) is 4.88. The van der Waals surface area contributed by atoms with Crippen LogP contribution in [-0.2, 0) is 0 Å². The molecular weight excluding hydrogens is 353 g/mol. The molecule has 0 bridgehead atoms. The molecule has 3 rings (SSSR count). The molecule has 4 nitrogen and oxygen atoms in total. The molecular formula is C13H6Cl3N3OS. The van der Waals surface area contributed by atoms with Crippen LogP contribution in [0, 0.1) is 0 Å². The molecule has 21 heavy (non-hydrogen) atoms. The van der Waals surface area contributed by atoms with Gasteiger partial charge in [0, 0.05) is 15.6 Å². The second-order valence-corrected chi connectivity index (χ2v) is 6.02. The summed E-state index contributed by atoms with van der Waals surface area (Å²) in [7, 11) is 0. The summed E-state index contributed by atoms with van der Waals surface area (Å²) in [4.78, 5) is 16.8. The van der Waals surface area contributed by atoms with Gasteiger partial charge in [0.05, 0.1) is 5.69 Å². The van der Waals surface area contributed by atoms with Crippen LogP contribution >= 0.6 is 46.1 Å². The van der Waals surface area contributed by atoms with E-state index in [0.29, 0.717) is 26.3 Å². The van der Waals surface area contributed by atoms with Crippen LogP contribution in [0.3, 0.4) is 0 Å². The molecule has 0 amide bonds. The first-order valence-corrected chi connectivity index (χ1v) is 7.73. The third-order valence-electron chi connectivity index (χ3n) is 2.73. The fraction of sp³-hybridized carbons (Fsp3) is 0. The van der Waals surface area contributed by atoms with Gasteiger partial charge in [0.1, 0.15) is 10.5 Å². The SMILES string of the molecule is O=c1c(Cl)c(C=Cc2c(Cl)cccc2Cl)nc2scnn12. The second kappa shape index (κ2) is 5.77. The van der Waals surface area contributed by atoms with Crippen LogP contribution in [-0.4, -0.2) is 14.6 Å². The zero-order valence-corrected chi connectivity index (χ0v) is 13.3. The molecule has 106 valence electrons. The molecule has 0 N–H and O–H groups in total. The van der Waals surface area contributed by atoms with E-state index in [2.05, 4.69) is 10.1 Å². The lowest BCUT2D eigenvalue weighted by atomic mass is 10.2. The molecule has 0 saturated heterocycles. The number of nitrogens with zero attached hydrogens (tertiary/aromatic N) is 3. The second-order valence-electron chi connectivity index (χ2n) is 4.02. The van der Waals surface area contributed by atoms with E-state index in [4.69, 9.17) is 34.8 Å². The minimum Gasteiger partial charge on any atom is -0.266 e. The number of fused-ring (bicyclic) bond motifs is 1. The van der Waals surface area contributed by atoms with Gasteiger partial charge in [-0.25, -0.2) is 4.98 Å². The Balaban J connectivity index is 2.12. The molecule has 0 fully saturated rings. The normalized spacial score (nSPS) is 11.6. The van der Waals surface area contributed by atoms with Crippen molar-refractivity contribution in [3.8, 4) is 0 Å². The Morgan fingerprint density at radius 3 is 2.57 bits per heavy atom. The smallest absolute Gasteiger partial charge is 0.266 e. The average Bonchev–Trinajstić information content (AvgIpc) is 2.92. The molecule has 1 aromatic carbocycles. The summed E-state index contributed by atoms with van der Waals surface area (Å²) in [6, 6.07) is 5.20. The maximum Gasteiger partial charge on any atom is 0.294 e. The zero-order valence-electron chi connectivity index (χ0n) is 10.3. The Kier molecular flexibility index (Phi) is 3.99. The van der Waals surface area contributed by atoms with E-state index >= 15 is 0 Å². The summed E-state index contributed by atoms with van der Waals surface area (Å²) in [6.07, 6.45) is 3.28. The topological polar surface area (TPSA) is 47.3 Å². The largest absolute Gasteiger partial charge is 0.294 e. The summed E-state index contributed by atoms with van der Waals surface area (Å²) < 4.78 is 1.16. The summed E-state index contributed by atoms with van der Waals surface area (Å²) in [5.41, 5.74) is 2.11. The average molecular weight is 359 g/mol. The van der Waals surface area contributed by atoms with Crippen LogP contribution in [0.25, 0.3) is 17.1 Å². The van der Waals surface area contributed by atoms with Crippen molar-refractivity contribution in [1.82, 2.24) is 14.6 Å². The van der Waals surface area contributed by atoms with Crippen molar-refractivity contribution in [3.05, 3.63) is 60.4 Å². The van der Waals surface area contributed by atoms with Crippen molar-refractivity contribution in [3.63, 3.8) is 0 Å². The van der Waals surface area contributed by atoms with Crippen LogP contribution in [0.4, 0.5) is 0 Å². The third kappa shape index (κ3) is 2.70. The molecule has 2 aromatic heterocycles. The Morgan fingerprint density at radius 2 is 1.86 bits per heavy atom. The van der Waals surface area contributed by atoms with Crippen LogP contribution < -0.4 is 5.56 Å². The van der Waals surface area contributed by atoms with Gasteiger partial charge in [-0.3, -0.25) is 4.79 Å². The van der Waals surface area contributed by atoms with E-state index in [1.807, 2.05) is 0 Å². The van der Waals surface area contributed by atoms with Gasteiger partial charge in [-0.2, -0.15) is 9.61 Å². The molecule has 0 aliphatic rings. The predicted octanol–water partition coefficient (Wildman–Crippen LogP) is 4.28. The molecule has 0 aliphatic heterocycles. The molecule has 8 heteroatoms. The maximum atomic E-state index is 12.0. The molecule has 0 saturated carbocycles. The Morgan fingerprint density at radius 1 is 1.14 bits per heavy atom. The lowest BCUT2D eigenvalue weighted by Gasteiger charge is -2.01. The van der Waals surface area contributed by atoms with Gasteiger partial charge in [-0.1, -0.05) is 52.2 Å². The zero-order chi connectivity index (χ0) is 15.0. The number of benzene rings is 1. The van der Waals surface area contributed by atoms with E-state index in [1.54, 1.807) is 30.4 Å². The van der Waals surface area contributed by atoms with Gasteiger partial charge in [0.25, 0.3) is 5.56 Å². The molecule has 0 spiro atoms. The number of halogens is 3. The minimum absolute atomic E-state index is 0.00201. The summed E-state index contributed by atoms with van der Waals surface area (Å²) >= 11 is 19.4. The van der Waals surface area contributed by atoms with Gasteiger partial charge in [0.2, 0.25) is 4.96 Å². The Labute approximate surface area is 138 Å². The van der Waals surface area contributed by atoms with Crippen LogP contribution in [0.15, 0.2) is 28.5 Å². The number of aromatic nitrogens is 3. The van der Waals surface area contributed by atoms with E-state index in [9.17, 15) is 4.79 Å². The Bertz CT molecular complexity index is 896. The lowest BCUT2D eigenvalue weighted by molar-refractivity contribution is 0.897. The van der Waals surface area contributed by atoms with Crippen molar-refractivity contribution < 1.29 is 0 Å². The van der Waals surface area contributed by atoms with Crippen molar-refractivity contribution in [2.24, 2.45) is 0 Å². The highest BCUT2D eigenvalue weighted by Crippen LogP contribution is 2.26. The number of rotatable bonds is 2. The highest BCUT2D eigenvalue weighted by Gasteiger charge is 2.10. The van der Waals surface area contributed by atoms with E-state index in [-0.39, 0.29) is 5.02 Å². The quantitative estimate of drug-likeness (QED) is 0.687. The van der Waals surface area contributed by atoms with Crippen molar-refractivity contribution in [1.29, 1.82) is 0 Å². The standard InChI is InChI=1S/C13H6Cl3N3OS/c14-8-2-1-3-9(15)7(8)4-5-10-11(16)12(20)19-13(18-10)21-6-17-19/h1-6H. The van der Waals surface area contributed by atoms with Gasteiger partial charge < -0.3 is 0 Å². The molecule has 0 unspecified atom stereocenters. The third-order valence-corrected chi connectivity index (χ3v) is 4.42. The van der Waals surface area contributed by atoms with Crippen LogP contribution in [0.2, 0.25) is 15.1 Å². The van der Waals surface area contributed by atoms with Crippen molar-refractivity contribution >= 4 is 63.3 Å². The van der Waals surface area contributed by atoms with E-state index in [0.717, 1.165) is 4.52 Å². The fourth-order valence-corrected chi connectivity index (χ4v) is 3.05. The predicted molar refractivity (Wildman–Crippen MR) is 87.5 cm³/mol. The van der Waals surface area contributed by atoms with Gasteiger partial charge in [-0.15, -0.1) is 0 Å². The molecule has 2 heterocycles. The number of hydrogen-bond acceptors (Lipinski definition) is 4. The van der Waals surface area contributed by atoms with Gasteiger partial charge >= 0.3 is 0 Å². The Hall–Kier alpha value is -1.40. The summed E-state index contributed by atoms with van der Waals surface area (Å²) in [6.45, 7) is 0. The first kappa shape index (κ1) is 14.5. The van der Waals surface area contributed by atoms with E-state index < -0.39 is 5.56 Å². The monoisotopic (exact) mass is 357 g/mol. The van der Waals surface area contributed by atoms with Crippen LogP contribution in [0.1, 0.15) is 11.3 Å². The fourth-order valence-electron chi connectivity index (χ4n) is 1.73. The maximum absolute atomic E-state index is 12.0. The van der Waals surface area contributed by atoms with E-state index in [1.165, 1.54) is 16.8 Å². The van der Waals surface area contributed by atoms with Crippen molar-refractivity contribution in [2.45, 2.75) is 0 Å². The first-order valence-electron chi connectivity index (χ1n) is 5.72. The number of hydrogen-bond donors (Lipinski definition) is 0. The molecule has 0 atom stereocenters. The highest BCUT2D eigenvalue weighted by atomic mass is 35.5. The highest BCUT2D eigenvalue weighted by molar-refractivity contribution is 7.14. The minimum atomic E-state index is -0.409. The van der Waals surface area contributed by atoms with Crippen molar-refractivity contribution in [2.75, 3.05) is 0 Å². The summed E-state index contributed by atoms with van der Waals surface area (Å²) in [5.74, 6) is 0. The molecule has 0 radical (unpaired) electrons. The van der Waals surface area contributed by atoms with Crippen LogP contribution in [0.5, 0.6) is 0 Å².